The molecule has 0 saturated heterocycles. The standard InChI is InChI=1S/C27H46O8/c1-5-6-7-12-15-23(32)16-13-10-8-9-11-14-17-25(20(2)29)27(21(3)30,22(4)31)26(34)35-19-24(33)18-28/h10,13,23-25,28,32-33H,5-9,11-12,14-19H2,1-4H3/b13-10-/t23-,24?,25?/m1/s1. The Labute approximate surface area is 210 Å². The highest BCUT2D eigenvalue weighted by molar-refractivity contribution is 6.23. The summed E-state index contributed by atoms with van der Waals surface area (Å²) in [5.41, 5.74) is -2.26. The van der Waals surface area contributed by atoms with Crippen molar-refractivity contribution in [2.75, 3.05) is 13.2 Å². The summed E-state index contributed by atoms with van der Waals surface area (Å²) >= 11 is 0. The molecule has 202 valence electrons. The molecule has 0 bridgehead atoms. The number of hydrogen-bond acceptors (Lipinski definition) is 8. The SMILES string of the molecule is CCCCCC[C@@H](O)C/C=C\CCCCCC(C(C)=O)C(C(C)=O)(C(C)=O)C(=O)OCC(O)CO. The molecule has 3 atom stereocenters. The number of carbonyl (C=O) groups excluding carboxylic acids is 4. The molecular formula is C27H46O8. The number of allylic oxidation sites excluding steroid dienone is 1. The van der Waals surface area contributed by atoms with Crippen LogP contribution >= 0.6 is 0 Å². The van der Waals surface area contributed by atoms with Gasteiger partial charge in [0.2, 0.25) is 0 Å². The van der Waals surface area contributed by atoms with Crippen molar-refractivity contribution in [1.29, 1.82) is 0 Å². The Kier molecular flexibility index (Phi) is 17.4. The molecule has 0 aromatic heterocycles. The number of aliphatic hydroxyl groups is 3. The summed E-state index contributed by atoms with van der Waals surface area (Å²) in [5.74, 6) is -4.33. The van der Waals surface area contributed by atoms with Crippen molar-refractivity contribution in [3.63, 3.8) is 0 Å². The van der Waals surface area contributed by atoms with E-state index in [1.807, 2.05) is 12.2 Å². The zero-order valence-corrected chi connectivity index (χ0v) is 22.0. The molecule has 0 rings (SSSR count). The molecule has 0 fully saturated rings. The second-order valence-electron chi connectivity index (χ2n) is 9.37. The zero-order chi connectivity index (χ0) is 26.9. The molecule has 0 aliphatic heterocycles. The molecule has 0 radical (unpaired) electrons. The van der Waals surface area contributed by atoms with Gasteiger partial charge in [0.15, 0.2) is 17.0 Å². The topological polar surface area (TPSA) is 138 Å². The lowest BCUT2D eigenvalue weighted by Gasteiger charge is -2.33. The molecule has 8 nitrogen and oxygen atoms in total. The number of Topliss-reactive ketones (excluding diaryl/α,β-unsaturated/α-hetero) is 3. The predicted octanol–water partition coefficient (Wildman–Crippen LogP) is 3.48. The molecule has 0 amide bonds. The van der Waals surface area contributed by atoms with E-state index in [1.54, 1.807) is 0 Å². The van der Waals surface area contributed by atoms with Gasteiger partial charge in [-0.05, 0) is 52.9 Å². The first-order chi connectivity index (χ1) is 16.5. The second kappa shape index (κ2) is 18.4. The quantitative estimate of drug-likeness (QED) is 0.0946. The van der Waals surface area contributed by atoms with Crippen LogP contribution in [0.15, 0.2) is 12.2 Å². The minimum Gasteiger partial charge on any atom is -0.462 e. The van der Waals surface area contributed by atoms with Gasteiger partial charge in [0.05, 0.1) is 12.7 Å². The van der Waals surface area contributed by atoms with E-state index in [2.05, 4.69) is 6.92 Å². The lowest BCUT2D eigenvalue weighted by atomic mass is 9.66. The summed E-state index contributed by atoms with van der Waals surface area (Å²) in [4.78, 5) is 50.4. The molecule has 0 spiro atoms. The fraction of sp³-hybridized carbons (Fsp3) is 0.778. The monoisotopic (exact) mass is 498 g/mol. The number of aliphatic hydroxyl groups excluding tert-OH is 3. The van der Waals surface area contributed by atoms with Crippen LogP contribution in [0.2, 0.25) is 0 Å². The van der Waals surface area contributed by atoms with Crippen LogP contribution in [0.1, 0.15) is 98.3 Å². The molecule has 2 unspecified atom stereocenters. The van der Waals surface area contributed by atoms with Crippen molar-refractivity contribution in [3.05, 3.63) is 12.2 Å². The van der Waals surface area contributed by atoms with Crippen LogP contribution in [-0.4, -0.2) is 64.1 Å². The lowest BCUT2D eigenvalue weighted by molar-refractivity contribution is -0.172. The highest BCUT2D eigenvalue weighted by Gasteiger charge is 2.57. The molecular weight excluding hydrogens is 452 g/mol. The van der Waals surface area contributed by atoms with E-state index in [0.29, 0.717) is 12.8 Å². The average molecular weight is 499 g/mol. The zero-order valence-electron chi connectivity index (χ0n) is 22.0. The number of ketones is 3. The van der Waals surface area contributed by atoms with E-state index in [-0.39, 0.29) is 12.5 Å². The van der Waals surface area contributed by atoms with Gasteiger partial charge in [0, 0.05) is 5.92 Å². The van der Waals surface area contributed by atoms with Crippen LogP contribution in [0.4, 0.5) is 0 Å². The van der Waals surface area contributed by atoms with Gasteiger partial charge in [-0.1, -0.05) is 57.6 Å². The molecule has 0 aromatic carbocycles. The van der Waals surface area contributed by atoms with Gasteiger partial charge in [-0.25, -0.2) is 0 Å². The molecule has 3 N–H and O–H groups in total. The maximum Gasteiger partial charge on any atom is 0.328 e. The minimum atomic E-state index is -2.26. The van der Waals surface area contributed by atoms with Gasteiger partial charge < -0.3 is 20.1 Å². The van der Waals surface area contributed by atoms with E-state index in [0.717, 1.165) is 52.4 Å². The van der Waals surface area contributed by atoms with Gasteiger partial charge in [-0.2, -0.15) is 0 Å². The van der Waals surface area contributed by atoms with Crippen molar-refractivity contribution in [1.82, 2.24) is 0 Å². The maximum atomic E-state index is 12.8. The van der Waals surface area contributed by atoms with Crippen LogP contribution in [0.5, 0.6) is 0 Å². The van der Waals surface area contributed by atoms with E-state index in [4.69, 9.17) is 9.84 Å². The van der Waals surface area contributed by atoms with Crippen LogP contribution in [0.25, 0.3) is 0 Å². The predicted molar refractivity (Wildman–Crippen MR) is 134 cm³/mol. The number of rotatable bonds is 21. The summed E-state index contributed by atoms with van der Waals surface area (Å²) in [7, 11) is 0. The summed E-state index contributed by atoms with van der Waals surface area (Å²) < 4.78 is 4.97. The van der Waals surface area contributed by atoms with E-state index < -0.39 is 54.0 Å². The summed E-state index contributed by atoms with van der Waals surface area (Å²) in [6.45, 7) is 4.35. The first kappa shape index (κ1) is 33.1. The fourth-order valence-corrected chi connectivity index (χ4v) is 4.31. The Hall–Kier alpha value is -1.90. The number of carbonyl (C=O) groups is 4. The van der Waals surface area contributed by atoms with Crippen molar-refractivity contribution in [3.8, 4) is 0 Å². The van der Waals surface area contributed by atoms with Crippen molar-refractivity contribution in [2.45, 2.75) is 111 Å². The van der Waals surface area contributed by atoms with Crippen molar-refractivity contribution >= 4 is 23.3 Å². The number of unbranched alkanes of at least 4 members (excludes halogenated alkanes) is 6. The van der Waals surface area contributed by atoms with E-state index >= 15 is 0 Å². The summed E-state index contributed by atoms with van der Waals surface area (Å²) in [6, 6.07) is 0. The molecule has 0 saturated carbocycles. The third-order valence-corrected chi connectivity index (χ3v) is 6.39. The lowest BCUT2D eigenvalue weighted by Crippen LogP contribution is -2.53. The maximum absolute atomic E-state index is 12.8. The van der Waals surface area contributed by atoms with E-state index in [9.17, 15) is 29.4 Å². The van der Waals surface area contributed by atoms with Crippen molar-refractivity contribution < 1.29 is 39.2 Å². The molecule has 0 aromatic rings. The summed E-state index contributed by atoms with van der Waals surface area (Å²) in [5, 5.41) is 28.4. The smallest absolute Gasteiger partial charge is 0.328 e. The number of ether oxygens (including phenoxy) is 1. The molecule has 0 aliphatic rings. The van der Waals surface area contributed by atoms with Gasteiger partial charge in [0.1, 0.15) is 18.5 Å². The van der Waals surface area contributed by atoms with Gasteiger partial charge in [-0.3, -0.25) is 19.2 Å². The first-order valence-electron chi connectivity index (χ1n) is 12.9. The third-order valence-electron chi connectivity index (χ3n) is 6.39. The fourth-order valence-electron chi connectivity index (χ4n) is 4.31. The van der Waals surface area contributed by atoms with Gasteiger partial charge in [-0.15, -0.1) is 0 Å². The Morgan fingerprint density at radius 2 is 1.43 bits per heavy atom. The average Bonchev–Trinajstić information content (AvgIpc) is 2.80. The van der Waals surface area contributed by atoms with E-state index in [1.165, 1.54) is 19.8 Å². The number of esters is 1. The molecule has 0 aliphatic carbocycles. The van der Waals surface area contributed by atoms with Crippen molar-refractivity contribution in [2.24, 2.45) is 11.3 Å². The van der Waals surface area contributed by atoms with Gasteiger partial charge >= 0.3 is 5.97 Å². The normalized spacial score (nSPS) is 14.5. The van der Waals surface area contributed by atoms with Crippen LogP contribution in [0, 0.1) is 11.3 Å². The Morgan fingerprint density at radius 3 is 1.97 bits per heavy atom. The van der Waals surface area contributed by atoms with Crippen LogP contribution < -0.4 is 0 Å². The Morgan fingerprint density at radius 1 is 0.829 bits per heavy atom. The highest BCUT2D eigenvalue weighted by atomic mass is 16.5. The Bertz CT molecular complexity index is 671. The molecule has 8 heteroatoms. The second-order valence-corrected chi connectivity index (χ2v) is 9.37. The van der Waals surface area contributed by atoms with Gasteiger partial charge in [0.25, 0.3) is 0 Å². The van der Waals surface area contributed by atoms with Crippen LogP contribution in [0.3, 0.4) is 0 Å². The number of hydrogen-bond donors (Lipinski definition) is 3. The largest absolute Gasteiger partial charge is 0.462 e. The molecule has 0 heterocycles. The first-order valence-corrected chi connectivity index (χ1v) is 12.9. The third kappa shape index (κ3) is 11.6. The highest BCUT2D eigenvalue weighted by Crippen LogP contribution is 2.37. The van der Waals surface area contributed by atoms with Crippen LogP contribution in [-0.2, 0) is 23.9 Å². The summed E-state index contributed by atoms with van der Waals surface area (Å²) in [6.07, 6.45) is 11.4. The molecule has 35 heavy (non-hydrogen) atoms. The Balaban J connectivity index is 4.85. The minimum absolute atomic E-state index is 0.173.